The normalized spacial score (nSPS) is 10.5. The van der Waals surface area contributed by atoms with Crippen molar-refractivity contribution in [3.8, 4) is 10.6 Å². The van der Waals surface area contributed by atoms with Crippen molar-refractivity contribution in [2.24, 2.45) is 0 Å². The van der Waals surface area contributed by atoms with Gasteiger partial charge in [0.15, 0.2) is 0 Å². The number of benzene rings is 1. The van der Waals surface area contributed by atoms with Crippen LogP contribution in [0.4, 0.5) is 0 Å². The summed E-state index contributed by atoms with van der Waals surface area (Å²) in [5, 5.41) is 3.29. The monoisotopic (exact) mass is 359 g/mol. The molecule has 0 aliphatic rings. The lowest BCUT2D eigenvalue weighted by Gasteiger charge is -2.01. The third-order valence-electron chi connectivity index (χ3n) is 2.34. The van der Waals surface area contributed by atoms with Gasteiger partial charge in [0.25, 0.3) is 0 Å². The number of hydrogen-bond donors (Lipinski definition) is 0. The number of halogens is 2. The summed E-state index contributed by atoms with van der Waals surface area (Å²) >= 11 is 11.0. The van der Waals surface area contributed by atoms with Crippen LogP contribution in [-0.2, 0) is 16.0 Å². The van der Waals surface area contributed by atoms with E-state index >= 15 is 0 Å². The van der Waals surface area contributed by atoms with Crippen LogP contribution in [-0.4, -0.2) is 17.6 Å². The number of carbonyl (C=O) groups is 1. The van der Waals surface area contributed by atoms with E-state index in [0.29, 0.717) is 17.3 Å². The van der Waals surface area contributed by atoms with Crippen LogP contribution in [0, 0.1) is 0 Å². The predicted octanol–water partition coefficient (Wildman–Crippen LogP) is 4.33. The van der Waals surface area contributed by atoms with Gasteiger partial charge < -0.3 is 4.74 Å². The van der Waals surface area contributed by atoms with Gasteiger partial charge in [-0.3, -0.25) is 4.79 Å². The molecule has 0 saturated carbocycles. The molecule has 0 N–H and O–H groups in total. The van der Waals surface area contributed by atoms with Gasteiger partial charge in [0.2, 0.25) is 0 Å². The Morgan fingerprint density at radius 2 is 2.32 bits per heavy atom. The van der Waals surface area contributed by atoms with Gasteiger partial charge in [0, 0.05) is 15.4 Å². The Labute approximate surface area is 128 Å². The molecule has 2 aromatic rings. The standard InChI is InChI=1S/C13H11BrClNO2S/c1-2-18-12(17)6-9-7-19-13(16-9)10-5-8(14)3-4-11(10)15/h3-5,7H,2,6H2,1H3. The molecule has 0 aliphatic heterocycles. The van der Waals surface area contributed by atoms with E-state index < -0.39 is 0 Å². The summed E-state index contributed by atoms with van der Waals surface area (Å²) in [6.07, 6.45) is 0.190. The van der Waals surface area contributed by atoms with Crippen LogP contribution in [0.1, 0.15) is 12.6 Å². The van der Waals surface area contributed by atoms with Gasteiger partial charge in [-0.15, -0.1) is 11.3 Å². The Hall–Kier alpha value is -0.910. The first-order valence-electron chi connectivity index (χ1n) is 5.65. The van der Waals surface area contributed by atoms with Crippen molar-refractivity contribution in [1.29, 1.82) is 0 Å². The number of aromatic nitrogens is 1. The SMILES string of the molecule is CCOC(=O)Cc1csc(-c2cc(Br)ccc2Cl)n1. The van der Waals surface area contributed by atoms with E-state index in [4.69, 9.17) is 16.3 Å². The Balaban J connectivity index is 2.21. The molecule has 100 valence electrons. The van der Waals surface area contributed by atoms with E-state index in [9.17, 15) is 4.79 Å². The number of thiazole rings is 1. The molecule has 1 heterocycles. The van der Waals surface area contributed by atoms with E-state index in [2.05, 4.69) is 20.9 Å². The first kappa shape index (κ1) is 14.5. The van der Waals surface area contributed by atoms with Gasteiger partial charge in [0.05, 0.1) is 23.7 Å². The Morgan fingerprint density at radius 3 is 3.05 bits per heavy atom. The van der Waals surface area contributed by atoms with Gasteiger partial charge in [-0.1, -0.05) is 27.5 Å². The van der Waals surface area contributed by atoms with Crippen LogP contribution in [0.3, 0.4) is 0 Å². The number of nitrogens with zero attached hydrogens (tertiary/aromatic N) is 1. The minimum atomic E-state index is -0.264. The van der Waals surface area contributed by atoms with Crippen molar-refractivity contribution in [2.45, 2.75) is 13.3 Å². The Morgan fingerprint density at radius 1 is 1.53 bits per heavy atom. The van der Waals surface area contributed by atoms with Gasteiger partial charge in [-0.2, -0.15) is 0 Å². The van der Waals surface area contributed by atoms with Crippen molar-refractivity contribution >= 4 is 44.8 Å². The Kier molecular flexibility index (Phi) is 4.96. The molecular formula is C13H11BrClNO2S. The van der Waals surface area contributed by atoms with Gasteiger partial charge in [-0.25, -0.2) is 4.98 Å². The zero-order valence-electron chi connectivity index (χ0n) is 10.2. The van der Waals surface area contributed by atoms with Crippen LogP contribution < -0.4 is 0 Å². The van der Waals surface area contributed by atoms with Crippen LogP contribution in [0.25, 0.3) is 10.6 Å². The van der Waals surface area contributed by atoms with Gasteiger partial charge >= 0.3 is 5.97 Å². The third kappa shape index (κ3) is 3.78. The fourth-order valence-corrected chi connectivity index (χ4v) is 3.01. The molecule has 0 atom stereocenters. The second kappa shape index (κ2) is 6.50. The fourth-order valence-electron chi connectivity index (χ4n) is 1.53. The molecule has 0 fully saturated rings. The molecule has 0 radical (unpaired) electrons. The number of ether oxygens (including phenoxy) is 1. The summed E-state index contributed by atoms with van der Waals surface area (Å²) < 4.78 is 5.83. The van der Waals surface area contributed by atoms with Crippen molar-refractivity contribution in [2.75, 3.05) is 6.61 Å². The van der Waals surface area contributed by atoms with E-state index in [-0.39, 0.29) is 12.4 Å². The topological polar surface area (TPSA) is 39.2 Å². The molecule has 0 amide bonds. The summed E-state index contributed by atoms with van der Waals surface area (Å²) in [7, 11) is 0. The second-order valence-electron chi connectivity index (χ2n) is 3.75. The first-order chi connectivity index (χ1) is 9.10. The maximum absolute atomic E-state index is 11.4. The molecule has 0 saturated heterocycles. The minimum absolute atomic E-state index is 0.190. The molecule has 0 aliphatic carbocycles. The summed E-state index contributed by atoms with van der Waals surface area (Å²) in [5.74, 6) is -0.264. The van der Waals surface area contributed by atoms with Crippen LogP contribution in [0.15, 0.2) is 28.1 Å². The first-order valence-corrected chi connectivity index (χ1v) is 7.70. The highest BCUT2D eigenvalue weighted by atomic mass is 79.9. The summed E-state index contributed by atoms with van der Waals surface area (Å²) in [4.78, 5) is 15.8. The number of hydrogen-bond acceptors (Lipinski definition) is 4. The van der Waals surface area contributed by atoms with Gasteiger partial charge in [0.1, 0.15) is 5.01 Å². The highest BCUT2D eigenvalue weighted by molar-refractivity contribution is 9.10. The highest BCUT2D eigenvalue weighted by Gasteiger charge is 2.12. The lowest BCUT2D eigenvalue weighted by Crippen LogP contribution is -2.07. The lowest BCUT2D eigenvalue weighted by molar-refractivity contribution is -0.142. The van der Waals surface area contributed by atoms with E-state index in [1.165, 1.54) is 11.3 Å². The average molecular weight is 361 g/mol. The smallest absolute Gasteiger partial charge is 0.311 e. The highest BCUT2D eigenvalue weighted by Crippen LogP contribution is 2.32. The second-order valence-corrected chi connectivity index (χ2v) is 5.93. The number of esters is 1. The predicted molar refractivity (Wildman–Crippen MR) is 80.6 cm³/mol. The van der Waals surface area contributed by atoms with E-state index in [1.807, 2.05) is 23.6 Å². The molecule has 19 heavy (non-hydrogen) atoms. The Bertz CT molecular complexity index is 600. The zero-order chi connectivity index (χ0) is 13.8. The van der Waals surface area contributed by atoms with Gasteiger partial charge in [-0.05, 0) is 25.1 Å². The van der Waals surface area contributed by atoms with Crippen LogP contribution >= 0.6 is 38.9 Å². The number of rotatable bonds is 4. The molecule has 1 aromatic carbocycles. The molecule has 0 bridgehead atoms. The van der Waals surface area contributed by atoms with Crippen LogP contribution in [0.5, 0.6) is 0 Å². The molecule has 0 unspecified atom stereocenters. The minimum Gasteiger partial charge on any atom is -0.466 e. The zero-order valence-corrected chi connectivity index (χ0v) is 13.3. The molecule has 0 spiro atoms. The van der Waals surface area contributed by atoms with E-state index in [0.717, 1.165) is 15.0 Å². The summed E-state index contributed by atoms with van der Waals surface area (Å²) in [6.45, 7) is 2.17. The maximum Gasteiger partial charge on any atom is 0.311 e. The van der Waals surface area contributed by atoms with Crippen molar-refractivity contribution in [3.05, 3.63) is 38.8 Å². The van der Waals surface area contributed by atoms with Crippen molar-refractivity contribution in [3.63, 3.8) is 0 Å². The largest absolute Gasteiger partial charge is 0.466 e. The van der Waals surface area contributed by atoms with Crippen molar-refractivity contribution < 1.29 is 9.53 Å². The lowest BCUT2D eigenvalue weighted by atomic mass is 10.2. The fraction of sp³-hybridized carbons (Fsp3) is 0.231. The van der Waals surface area contributed by atoms with E-state index in [1.54, 1.807) is 6.92 Å². The number of carbonyl (C=O) groups excluding carboxylic acids is 1. The quantitative estimate of drug-likeness (QED) is 0.762. The van der Waals surface area contributed by atoms with Crippen LogP contribution in [0.2, 0.25) is 5.02 Å². The molecule has 1 aromatic heterocycles. The van der Waals surface area contributed by atoms with Crippen molar-refractivity contribution in [1.82, 2.24) is 4.98 Å². The maximum atomic E-state index is 11.4. The molecular weight excluding hydrogens is 350 g/mol. The summed E-state index contributed by atoms with van der Waals surface area (Å²) in [5.41, 5.74) is 1.56. The average Bonchev–Trinajstić information content (AvgIpc) is 2.81. The molecule has 3 nitrogen and oxygen atoms in total. The third-order valence-corrected chi connectivity index (χ3v) is 4.09. The molecule has 6 heteroatoms. The summed E-state index contributed by atoms with van der Waals surface area (Å²) in [6, 6.07) is 5.60. The molecule has 2 rings (SSSR count).